The lowest BCUT2D eigenvalue weighted by Gasteiger charge is -2.34. The molecule has 4 aromatic rings. The highest BCUT2D eigenvalue weighted by Crippen LogP contribution is 2.34. The Morgan fingerprint density at radius 1 is 0.971 bits per heavy atom. The summed E-state index contributed by atoms with van der Waals surface area (Å²) in [6.45, 7) is 6.27. The molecule has 0 unspecified atom stereocenters. The van der Waals surface area contributed by atoms with E-state index in [0.717, 1.165) is 77.5 Å². The summed E-state index contributed by atoms with van der Waals surface area (Å²) in [5.41, 5.74) is 8.65. The molecule has 172 valence electrons. The van der Waals surface area contributed by atoms with Crippen LogP contribution in [0.15, 0.2) is 59.6 Å². The molecule has 0 amide bonds. The number of fused-ring (bicyclic) bond motifs is 2. The number of aliphatic imine (C=N–C) groups is 1. The first-order valence-corrected chi connectivity index (χ1v) is 12.0. The van der Waals surface area contributed by atoms with E-state index in [0.29, 0.717) is 12.0 Å². The van der Waals surface area contributed by atoms with E-state index in [9.17, 15) is 4.39 Å². The molecule has 0 aliphatic carbocycles. The second-order valence-electron chi connectivity index (χ2n) is 9.32. The zero-order chi connectivity index (χ0) is 23.2. The number of anilines is 1. The van der Waals surface area contributed by atoms with Gasteiger partial charge in [0.15, 0.2) is 0 Å². The molecule has 0 saturated carbocycles. The summed E-state index contributed by atoms with van der Waals surface area (Å²) in [7, 11) is 2.17. The Balaban J connectivity index is 1.25. The first kappa shape index (κ1) is 21.1. The van der Waals surface area contributed by atoms with Gasteiger partial charge in [-0.1, -0.05) is 13.0 Å². The maximum Gasteiger partial charge on any atom is 0.138 e. The summed E-state index contributed by atoms with van der Waals surface area (Å²) in [6, 6.07) is 18.1. The van der Waals surface area contributed by atoms with E-state index in [1.807, 2.05) is 31.2 Å². The molecule has 3 aromatic carbocycles. The first-order chi connectivity index (χ1) is 16.6. The van der Waals surface area contributed by atoms with Crippen molar-refractivity contribution in [3.05, 3.63) is 77.1 Å². The first-order valence-electron chi connectivity index (χ1n) is 12.0. The zero-order valence-corrected chi connectivity index (χ0v) is 19.6. The average molecular weight is 454 g/mol. The average Bonchev–Trinajstić information content (AvgIpc) is 3.47. The molecule has 34 heavy (non-hydrogen) atoms. The third-order valence-electron chi connectivity index (χ3n) is 7.05. The minimum atomic E-state index is -0.195. The van der Waals surface area contributed by atoms with Crippen molar-refractivity contribution in [3.8, 4) is 11.4 Å². The molecule has 1 N–H and O–H groups in total. The molecule has 1 saturated heterocycles. The lowest BCUT2D eigenvalue weighted by molar-refractivity contribution is 0.313. The molecular formula is C28H28FN5. The number of nitrogens with zero attached hydrogens (tertiary/aromatic N) is 4. The van der Waals surface area contributed by atoms with Crippen LogP contribution in [-0.2, 0) is 12.8 Å². The molecule has 0 radical (unpaired) electrons. The number of aromatic nitrogens is 2. The monoisotopic (exact) mass is 453 g/mol. The molecule has 0 atom stereocenters. The number of imidazole rings is 1. The van der Waals surface area contributed by atoms with Crippen molar-refractivity contribution in [2.24, 2.45) is 4.99 Å². The molecule has 1 aromatic heterocycles. The van der Waals surface area contributed by atoms with Crippen LogP contribution in [0.3, 0.4) is 0 Å². The zero-order valence-electron chi connectivity index (χ0n) is 19.6. The summed E-state index contributed by atoms with van der Waals surface area (Å²) in [6.07, 6.45) is 1.45. The molecule has 3 heterocycles. The number of halogens is 1. The standard InChI is InChI=1S/C28H28FN5/c1-3-18-4-7-22(23(29)14-18)26-16-20-15-19(5-8-24(20)30-26)28-31-25-9-6-21(17-27(25)32-28)34-12-10-33(2)11-13-34/h4-9,14-15,17H,3,10-13,16H2,1-2H3,(H,31,32). The van der Waals surface area contributed by atoms with Crippen LogP contribution >= 0.6 is 0 Å². The lowest BCUT2D eigenvalue weighted by atomic mass is 10.0. The van der Waals surface area contributed by atoms with E-state index in [-0.39, 0.29) is 5.82 Å². The van der Waals surface area contributed by atoms with E-state index in [1.54, 1.807) is 6.07 Å². The fourth-order valence-electron chi connectivity index (χ4n) is 4.91. The number of likely N-dealkylation sites (N-methyl/N-ethyl adjacent to an activating group) is 1. The number of benzene rings is 3. The van der Waals surface area contributed by atoms with E-state index in [1.165, 1.54) is 5.69 Å². The number of aryl methyl sites for hydroxylation is 1. The number of aromatic amines is 1. The predicted molar refractivity (Wildman–Crippen MR) is 137 cm³/mol. The quantitative estimate of drug-likeness (QED) is 0.453. The van der Waals surface area contributed by atoms with E-state index < -0.39 is 0 Å². The van der Waals surface area contributed by atoms with Gasteiger partial charge in [0.2, 0.25) is 0 Å². The Morgan fingerprint density at radius 3 is 2.62 bits per heavy atom. The van der Waals surface area contributed by atoms with Gasteiger partial charge in [-0.2, -0.15) is 0 Å². The van der Waals surface area contributed by atoms with Gasteiger partial charge >= 0.3 is 0 Å². The Kier molecular flexibility index (Phi) is 5.18. The SMILES string of the molecule is CCc1ccc(C2=Nc3ccc(-c4nc5ccc(N6CCN(C)CC6)cc5[nH]4)cc3C2)c(F)c1. The number of hydrogen-bond donors (Lipinski definition) is 1. The third kappa shape index (κ3) is 3.78. The van der Waals surface area contributed by atoms with Crippen molar-refractivity contribution in [2.45, 2.75) is 19.8 Å². The third-order valence-corrected chi connectivity index (χ3v) is 7.05. The van der Waals surface area contributed by atoms with Gasteiger partial charge in [0, 0.05) is 49.4 Å². The molecule has 1 fully saturated rings. The maximum atomic E-state index is 14.7. The molecule has 5 nitrogen and oxygen atoms in total. The Bertz CT molecular complexity index is 1410. The van der Waals surface area contributed by atoms with Gasteiger partial charge in [-0.3, -0.25) is 4.99 Å². The molecule has 0 spiro atoms. The normalized spacial score (nSPS) is 16.2. The topological polar surface area (TPSA) is 47.5 Å². The summed E-state index contributed by atoms with van der Waals surface area (Å²) in [5, 5.41) is 0. The van der Waals surface area contributed by atoms with Crippen molar-refractivity contribution in [2.75, 3.05) is 38.1 Å². The number of H-pyrrole nitrogens is 1. The van der Waals surface area contributed by atoms with Crippen LogP contribution in [0.1, 0.15) is 23.6 Å². The summed E-state index contributed by atoms with van der Waals surface area (Å²) < 4.78 is 14.7. The number of piperazine rings is 1. The lowest BCUT2D eigenvalue weighted by Crippen LogP contribution is -2.44. The largest absolute Gasteiger partial charge is 0.369 e. The van der Waals surface area contributed by atoms with Gasteiger partial charge in [0.05, 0.1) is 22.4 Å². The van der Waals surface area contributed by atoms with Gasteiger partial charge in [-0.15, -0.1) is 0 Å². The van der Waals surface area contributed by atoms with Gasteiger partial charge in [-0.05, 0) is 73.1 Å². The van der Waals surface area contributed by atoms with Crippen LogP contribution in [0.25, 0.3) is 22.4 Å². The Labute approximate surface area is 199 Å². The number of hydrogen-bond acceptors (Lipinski definition) is 4. The number of rotatable bonds is 4. The van der Waals surface area contributed by atoms with Crippen molar-refractivity contribution in [1.82, 2.24) is 14.9 Å². The molecule has 6 rings (SSSR count). The van der Waals surface area contributed by atoms with Crippen LogP contribution in [0.2, 0.25) is 0 Å². The summed E-state index contributed by atoms with van der Waals surface area (Å²) in [5.74, 6) is 0.653. The van der Waals surface area contributed by atoms with Crippen LogP contribution in [0, 0.1) is 5.82 Å². The molecule has 2 aliphatic rings. The summed E-state index contributed by atoms with van der Waals surface area (Å²) >= 11 is 0. The second-order valence-corrected chi connectivity index (χ2v) is 9.32. The maximum absolute atomic E-state index is 14.7. The fourth-order valence-corrected chi connectivity index (χ4v) is 4.91. The molecule has 6 heteroatoms. The second kappa shape index (κ2) is 8.37. The molecular weight excluding hydrogens is 425 g/mol. The molecule has 2 aliphatic heterocycles. The van der Waals surface area contributed by atoms with Gasteiger partial charge in [0.25, 0.3) is 0 Å². The van der Waals surface area contributed by atoms with E-state index in [2.05, 4.69) is 46.1 Å². The van der Waals surface area contributed by atoms with Gasteiger partial charge < -0.3 is 14.8 Å². The van der Waals surface area contributed by atoms with Crippen LogP contribution in [0.4, 0.5) is 15.8 Å². The fraction of sp³-hybridized carbons (Fsp3) is 0.286. The number of nitrogens with one attached hydrogen (secondary N) is 1. The smallest absolute Gasteiger partial charge is 0.138 e. The van der Waals surface area contributed by atoms with E-state index in [4.69, 9.17) is 9.98 Å². The Hall–Kier alpha value is -3.51. The highest BCUT2D eigenvalue weighted by atomic mass is 19.1. The summed E-state index contributed by atoms with van der Waals surface area (Å²) in [4.78, 5) is 17.9. The van der Waals surface area contributed by atoms with Gasteiger partial charge in [0.1, 0.15) is 11.6 Å². The van der Waals surface area contributed by atoms with Crippen LogP contribution in [0.5, 0.6) is 0 Å². The highest BCUT2D eigenvalue weighted by Gasteiger charge is 2.20. The van der Waals surface area contributed by atoms with Crippen molar-refractivity contribution < 1.29 is 4.39 Å². The Morgan fingerprint density at radius 2 is 1.82 bits per heavy atom. The van der Waals surface area contributed by atoms with Crippen molar-refractivity contribution in [1.29, 1.82) is 0 Å². The van der Waals surface area contributed by atoms with Crippen molar-refractivity contribution in [3.63, 3.8) is 0 Å². The minimum Gasteiger partial charge on any atom is -0.369 e. The minimum absolute atomic E-state index is 0.195. The molecule has 0 bridgehead atoms. The highest BCUT2D eigenvalue weighted by molar-refractivity contribution is 6.07. The van der Waals surface area contributed by atoms with Gasteiger partial charge in [-0.25, -0.2) is 9.37 Å². The van der Waals surface area contributed by atoms with Crippen LogP contribution in [-0.4, -0.2) is 53.8 Å². The van der Waals surface area contributed by atoms with E-state index >= 15 is 0 Å². The predicted octanol–water partition coefficient (Wildman–Crippen LogP) is 5.36. The van der Waals surface area contributed by atoms with Crippen LogP contribution < -0.4 is 4.90 Å². The van der Waals surface area contributed by atoms with Crippen molar-refractivity contribution >= 4 is 28.1 Å².